The average molecular weight is 258 g/mol. The molecule has 1 aromatic carbocycles. The fourth-order valence-electron chi connectivity index (χ4n) is 1.25. The molecule has 2 aromatic rings. The zero-order valence-corrected chi connectivity index (χ0v) is 9.10. The van der Waals surface area contributed by atoms with Crippen molar-refractivity contribution >= 4 is 27.0 Å². The Bertz CT molecular complexity index is 478. The summed E-state index contributed by atoms with van der Waals surface area (Å²) in [6, 6.07) is 2.85. The van der Waals surface area contributed by atoms with Crippen LogP contribution in [-0.2, 0) is 0 Å². The first-order chi connectivity index (χ1) is 6.59. The Hall–Kier alpha value is -0.940. The van der Waals surface area contributed by atoms with Crippen LogP contribution < -0.4 is 5.73 Å². The third kappa shape index (κ3) is 1.42. The van der Waals surface area contributed by atoms with E-state index >= 15 is 0 Å². The summed E-state index contributed by atoms with van der Waals surface area (Å²) in [5, 5.41) is 0. The van der Waals surface area contributed by atoms with Crippen LogP contribution in [0.15, 0.2) is 16.6 Å². The van der Waals surface area contributed by atoms with Crippen molar-refractivity contribution in [2.45, 2.75) is 13.0 Å². The van der Waals surface area contributed by atoms with E-state index in [1.807, 2.05) is 6.92 Å². The van der Waals surface area contributed by atoms with Gasteiger partial charge in [0.15, 0.2) is 0 Å². The van der Waals surface area contributed by atoms with E-state index in [9.17, 15) is 4.39 Å². The van der Waals surface area contributed by atoms with Crippen LogP contribution in [0.25, 0.3) is 11.0 Å². The van der Waals surface area contributed by atoms with Gasteiger partial charge in [-0.2, -0.15) is 0 Å². The number of aromatic nitrogens is 2. The summed E-state index contributed by atoms with van der Waals surface area (Å²) >= 11 is 3.14. The molecule has 0 unspecified atom stereocenters. The number of nitrogens with two attached hydrogens (primary N) is 1. The van der Waals surface area contributed by atoms with Crippen LogP contribution in [0, 0.1) is 5.82 Å². The van der Waals surface area contributed by atoms with Crippen molar-refractivity contribution in [3.63, 3.8) is 0 Å². The number of nitrogens with one attached hydrogen (secondary N) is 1. The van der Waals surface area contributed by atoms with Crippen molar-refractivity contribution in [3.05, 3.63) is 28.2 Å². The number of imidazole rings is 1. The maximum absolute atomic E-state index is 13.1. The van der Waals surface area contributed by atoms with Crippen LogP contribution in [0.5, 0.6) is 0 Å². The van der Waals surface area contributed by atoms with Crippen LogP contribution in [-0.4, -0.2) is 9.97 Å². The Labute approximate surface area is 88.6 Å². The molecule has 0 spiro atoms. The highest BCUT2D eigenvalue weighted by atomic mass is 79.9. The molecule has 2 rings (SSSR count). The van der Waals surface area contributed by atoms with Crippen LogP contribution in [0.3, 0.4) is 0 Å². The zero-order chi connectivity index (χ0) is 10.3. The molecule has 0 aliphatic carbocycles. The molecule has 1 aromatic heterocycles. The fourth-order valence-corrected chi connectivity index (χ4v) is 1.69. The van der Waals surface area contributed by atoms with Crippen molar-refractivity contribution in [3.8, 4) is 0 Å². The predicted octanol–water partition coefficient (Wildman–Crippen LogP) is 2.48. The van der Waals surface area contributed by atoms with Gasteiger partial charge in [0, 0.05) is 0 Å². The standard InChI is InChI=1S/C9H9BrFN3/c1-4(12)9-13-6-3-2-5(11)7(10)8(6)14-9/h2-4H,12H2,1H3,(H,13,14)/t4-/m0/s1. The Morgan fingerprint density at radius 2 is 2.29 bits per heavy atom. The van der Waals surface area contributed by atoms with Crippen LogP contribution >= 0.6 is 15.9 Å². The van der Waals surface area contributed by atoms with E-state index in [4.69, 9.17) is 5.73 Å². The molecule has 0 aliphatic rings. The minimum absolute atomic E-state index is 0.183. The molecule has 1 atom stereocenters. The van der Waals surface area contributed by atoms with E-state index < -0.39 is 0 Å². The average Bonchev–Trinajstić information content (AvgIpc) is 2.56. The van der Waals surface area contributed by atoms with Crippen molar-refractivity contribution in [1.29, 1.82) is 0 Å². The first kappa shape index (κ1) is 9.61. The monoisotopic (exact) mass is 257 g/mol. The smallest absolute Gasteiger partial charge is 0.139 e. The highest BCUT2D eigenvalue weighted by Gasteiger charge is 2.11. The van der Waals surface area contributed by atoms with Gasteiger partial charge in [0.1, 0.15) is 17.2 Å². The number of hydrogen-bond acceptors (Lipinski definition) is 2. The van der Waals surface area contributed by atoms with Gasteiger partial charge >= 0.3 is 0 Å². The van der Waals surface area contributed by atoms with Crippen LogP contribution in [0.2, 0.25) is 0 Å². The second-order valence-corrected chi connectivity index (χ2v) is 3.96. The molecular weight excluding hydrogens is 249 g/mol. The van der Waals surface area contributed by atoms with Gasteiger partial charge in [-0.15, -0.1) is 0 Å². The van der Waals surface area contributed by atoms with Crippen LogP contribution in [0.1, 0.15) is 18.8 Å². The molecule has 0 saturated carbocycles. The summed E-state index contributed by atoms with van der Waals surface area (Å²) in [5.41, 5.74) is 7.03. The van der Waals surface area contributed by atoms with Gasteiger partial charge < -0.3 is 10.7 Å². The van der Waals surface area contributed by atoms with Gasteiger partial charge in [0.25, 0.3) is 0 Å². The summed E-state index contributed by atoms with van der Waals surface area (Å²) in [5.74, 6) is 0.339. The van der Waals surface area contributed by atoms with E-state index in [2.05, 4.69) is 25.9 Å². The number of fused-ring (bicyclic) bond motifs is 1. The maximum atomic E-state index is 13.1. The Balaban J connectivity index is 2.71. The number of benzene rings is 1. The predicted molar refractivity (Wildman–Crippen MR) is 56.4 cm³/mol. The van der Waals surface area contributed by atoms with E-state index in [0.29, 0.717) is 15.8 Å². The number of nitrogens with zero attached hydrogens (tertiary/aromatic N) is 1. The summed E-state index contributed by atoms with van der Waals surface area (Å²) < 4.78 is 13.5. The fraction of sp³-hybridized carbons (Fsp3) is 0.222. The zero-order valence-electron chi connectivity index (χ0n) is 7.51. The molecule has 0 fully saturated rings. The Morgan fingerprint density at radius 3 is 2.93 bits per heavy atom. The third-order valence-corrected chi connectivity index (χ3v) is 2.75. The van der Waals surface area contributed by atoms with Gasteiger partial charge in [-0.25, -0.2) is 9.37 Å². The van der Waals surface area contributed by atoms with E-state index in [0.717, 1.165) is 5.52 Å². The minimum atomic E-state index is -0.319. The SMILES string of the molecule is C[C@H](N)c1nc2c(Br)c(F)ccc2[nH]1. The van der Waals surface area contributed by atoms with E-state index in [1.165, 1.54) is 6.07 Å². The molecule has 3 nitrogen and oxygen atoms in total. The van der Waals surface area contributed by atoms with Crippen molar-refractivity contribution < 1.29 is 4.39 Å². The lowest BCUT2D eigenvalue weighted by Gasteiger charge is -1.96. The van der Waals surface area contributed by atoms with Crippen molar-refractivity contribution in [1.82, 2.24) is 9.97 Å². The number of rotatable bonds is 1. The van der Waals surface area contributed by atoms with Gasteiger partial charge in [-0.05, 0) is 35.0 Å². The number of halogens is 2. The molecule has 14 heavy (non-hydrogen) atoms. The van der Waals surface area contributed by atoms with Gasteiger partial charge in [-0.1, -0.05) is 0 Å². The lowest BCUT2D eigenvalue weighted by atomic mass is 10.3. The molecule has 3 N–H and O–H groups in total. The second kappa shape index (κ2) is 3.33. The second-order valence-electron chi connectivity index (χ2n) is 3.17. The lowest BCUT2D eigenvalue weighted by Crippen LogP contribution is -2.06. The van der Waals surface area contributed by atoms with E-state index in [-0.39, 0.29) is 11.9 Å². The molecule has 0 radical (unpaired) electrons. The summed E-state index contributed by atoms with van der Waals surface area (Å²) in [7, 11) is 0. The van der Waals surface area contributed by atoms with Crippen LogP contribution in [0.4, 0.5) is 4.39 Å². The first-order valence-electron chi connectivity index (χ1n) is 4.19. The highest BCUT2D eigenvalue weighted by Crippen LogP contribution is 2.25. The third-order valence-electron chi connectivity index (χ3n) is 2.00. The maximum Gasteiger partial charge on any atom is 0.139 e. The Morgan fingerprint density at radius 1 is 1.57 bits per heavy atom. The quantitative estimate of drug-likeness (QED) is 0.825. The molecule has 0 amide bonds. The summed E-state index contributed by atoms with van der Waals surface area (Å²) in [4.78, 5) is 7.24. The lowest BCUT2D eigenvalue weighted by molar-refractivity contribution is 0.623. The number of H-pyrrole nitrogens is 1. The number of aromatic amines is 1. The normalized spacial score (nSPS) is 13.4. The molecule has 0 bridgehead atoms. The first-order valence-corrected chi connectivity index (χ1v) is 4.98. The molecule has 5 heteroatoms. The van der Waals surface area contributed by atoms with Crippen molar-refractivity contribution in [2.24, 2.45) is 5.73 Å². The van der Waals surface area contributed by atoms with E-state index in [1.54, 1.807) is 6.07 Å². The largest absolute Gasteiger partial charge is 0.341 e. The molecule has 1 heterocycles. The van der Waals surface area contributed by atoms with Gasteiger partial charge in [0.05, 0.1) is 16.0 Å². The minimum Gasteiger partial charge on any atom is -0.341 e. The Kier molecular flexibility index (Phi) is 2.28. The highest BCUT2D eigenvalue weighted by molar-refractivity contribution is 9.10. The molecule has 0 aliphatic heterocycles. The van der Waals surface area contributed by atoms with Gasteiger partial charge in [-0.3, -0.25) is 0 Å². The topological polar surface area (TPSA) is 54.7 Å². The van der Waals surface area contributed by atoms with Crippen molar-refractivity contribution in [2.75, 3.05) is 0 Å². The summed E-state index contributed by atoms with van der Waals surface area (Å²) in [6.07, 6.45) is 0. The molecular formula is C9H9BrFN3. The molecule has 0 saturated heterocycles. The van der Waals surface area contributed by atoms with Gasteiger partial charge in [0.2, 0.25) is 0 Å². The molecule has 74 valence electrons. The number of hydrogen-bond donors (Lipinski definition) is 2. The summed E-state index contributed by atoms with van der Waals surface area (Å²) in [6.45, 7) is 1.82.